The monoisotopic (exact) mass is 427 g/mol. The highest BCUT2D eigenvalue weighted by Crippen LogP contribution is 2.34. The molecule has 1 atom stereocenters. The fourth-order valence-electron chi connectivity index (χ4n) is 3.75. The number of benzene rings is 3. The number of fused-ring (bicyclic) bond motifs is 2. The van der Waals surface area contributed by atoms with Crippen LogP contribution in [-0.2, 0) is 16.0 Å². The number of rotatable bonds is 6. The Balaban J connectivity index is 1.33. The van der Waals surface area contributed by atoms with E-state index in [1.54, 1.807) is 18.2 Å². The summed E-state index contributed by atoms with van der Waals surface area (Å²) < 4.78 is 10.7. The maximum atomic E-state index is 13.1. The predicted octanol–water partition coefficient (Wildman–Crippen LogP) is 3.94. The minimum absolute atomic E-state index is 0.134. The molecule has 0 saturated carbocycles. The highest BCUT2D eigenvalue weighted by atomic mass is 16.7. The van der Waals surface area contributed by atoms with E-state index in [4.69, 9.17) is 9.47 Å². The Labute approximate surface area is 184 Å². The van der Waals surface area contributed by atoms with Crippen molar-refractivity contribution >= 4 is 28.4 Å². The Morgan fingerprint density at radius 1 is 0.906 bits per heavy atom. The van der Waals surface area contributed by atoms with Crippen LogP contribution in [0.15, 0.2) is 78.9 Å². The van der Waals surface area contributed by atoms with E-state index in [1.165, 1.54) is 0 Å². The number of nitrogens with one attached hydrogen (secondary N) is 3. The van der Waals surface area contributed by atoms with Gasteiger partial charge in [-0.05, 0) is 35.2 Å². The van der Waals surface area contributed by atoms with Crippen molar-refractivity contribution in [2.45, 2.75) is 12.5 Å². The van der Waals surface area contributed by atoms with Crippen molar-refractivity contribution in [3.63, 3.8) is 0 Å². The summed E-state index contributed by atoms with van der Waals surface area (Å²) in [4.78, 5) is 29.2. The van der Waals surface area contributed by atoms with Crippen molar-refractivity contribution in [1.29, 1.82) is 0 Å². The van der Waals surface area contributed by atoms with Gasteiger partial charge in [-0.15, -0.1) is 0 Å². The van der Waals surface area contributed by atoms with E-state index in [0.29, 0.717) is 22.7 Å². The molecule has 3 aromatic carbocycles. The quantitative estimate of drug-likeness (QED) is 0.435. The zero-order valence-electron chi connectivity index (χ0n) is 17.1. The highest BCUT2D eigenvalue weighted by molar-refractivity contribution is 5.98. The second-order valence-electron chi connectivity index (χ2n) is 7.53. The van der Waals surface area contributed by atoms with Gasteiger partial charge in [0.1, 0.15) is 6.04 Å². The number of amides is 2. The third-order valence-electron chi connectivity index (χ3n) is 5.28. The molecule has 2 amide bonds. The third-order valence-corrected chi connectivity index (χ3v) is 5.28. The molecule has 32 heavy (non-hydrogen) atoms. The summed E-state index contributed by atoms with van der Waals surface area (Å²) in [5, 5.41) is 6.77. The van der Waals surface area contributed by atoms with Crippen LogP contribution in [0.5, 0.6) is 11.5 Å². The number of hydrogen-bond acceptors (Lipinski definition) is 4. The van der Waals surface area contributed by atoms with Gasteiger partial charge in [0, 0.05) is 23.0 Å². The van der Waals surface area contributed by atoms with Crippen LogP contribution in [0.1, 0.15) is 17.3 Å². The minimum Gasteiger partial charge on any atom is -0.454 e. The minimum atomic E-state index is -0.849. The number of ether oxygens (including phenoxy) is 2. The van der Waals surface area contributed by atoms with Crippen molar-refractivity contribution in [1.82, 2.24) is 10.3 Å². The molecule has 2 heterocycles. The SMILES string of the molecule is O=C(Cc1cc2ccccc2[nH]1)NC(C(=O)Nc1ccc2c(c1)OCO2)c1ccccc1. The summed E-state index contributed by atoms with van der Waals surface area (Å²) in [5.41, 5.74) is 3.00. The van der Waals surface area contributed by atoms with Gasteiger partial charge in [0.05, 0.1) is 6.42 Å². The molecule has 0 aliphatic carbocycles. The number of hydrogen-bond donors (Lipinski definition) is 3. The lowest BCUT2D eigenvalue weighted by atomic mass is 10.1. The number of aromatic amines is 1. The predicted molar refractivity (Wildman–Crippen MR) is 121 cm³/mol. The first-order valence-electron chi connectivity index (χ1n) is 10.3. The maximum absolute atomic E-state index is 13.1. The van der Waals surface area contributed by atoms with Gasteiger partial charge < -0.3 is 25.1 Å². The fraction of sp³-hybridized carbons (Fsp3) is 0.120. The highest BCUT2D eigenvalue weighted by Gasteiger charge is 2.24. The van der Waals surface area contributed by atoms with Crippen LogP contribution in [0.4, 0.5) is 5.69 Å². The molecule has 160 valence electrons. The lowest BCUT2D eigenvalue weighted by Gasteiger charge is -2.19. The molecule has 0 saturated heterocycles. The van der Waals surface area contributed by atoms with Gasteiger partial charge in [-0.3, -0.25) is 9.59 Å². The van der Waals surface area contributed by atoms with Crippen LogP contribution >= 0.6 is 0 Å². The molecule has 3 N–H and O–H groups in total. The number of carbonyl (C=O) groups is 2. The van der Waals surface area contributed by atoms with Gasteiger partial charge >= 0.3 is 0 Å². The normalized spacial score (nSPS) is 13.0. The van der Waals surface area contributed by atoms with E-state index < -0.39 is 6.04 Å². The maximum Gasteiger partial charge on any atom is 0.251 e. The van der Waals surface area contributed by atoms with Gasteiger partial charge in [-0.1, -0.05) is 48.5 Å². The number of H-pyrrole nitrogens is 1. The van der Waals surface area contributed by atoms with Crippen molar-refractivity contribution in [2.24, 2.45) is 0 Å². The molecular weight excluding hydrogens is 406 g/mol. The van der Waals surface area contributed by atoms with Crippen LogP contribution in [0.25, 0.3) is 10.9 Å². The lowest BCUT2D eigenvalue weighted by molar-refractivity contribution is -0.126. The molecule has 7 nitrogen and oxygen atoms in total. The fourth-order valence-corrected chi connectivity index (χ4v) is 3.75. The average Bonchev–Trinajstić information content (AvgIpc) is 3.43. The second kappa shape index (κ2) is 8.47. The van der Waals surface area contributed by atoms with E-state index in [1.807, 2.05) is 60.7 Å². The van der Waals surface area contributed by atoms with Gasteiger partial charge in [0.2, 0.25) is 12.7 Å². The molecule has 5 rings (SSSR count). The van der Waals surface area contributed by atoms with Crippen LogP contribution in [0.3, 0.4) is 0 Å². The van der Waals surface area contributed by atoms with Crippen LogP contribution in [0.2, 0.25) is 0 Å². The van der Waals surface area contributed by atoms with Crippen LogP contribution in [0, 0.1) is 0 Å². The molecule has 0 spiro atoms. The molecular formula is C25H21N3O4. The van der Waals surface area contributed by atoms with Crippen molar-refractivity contribution < 1.29 is 19.1 Å². The standard InChI is InChI=1S/C25H21N3O4/c29-23(14-19-12-17-8-4-5-9-20(17)26-19)28-24(16-6-2-1-3-7-16)25(30)27-18-10-11-21-22(13-18)32-15-31-21/h1-13,24,26H,14-15H2,(H,27,30)(H,28,29). The molecule has 0 bridgehead atoms. The van der Waals surface area contributed by atoms with Gasteiger partial charge in [-0.2, -0.15) is 0 Å². The largest absolute Gasteiger partial charge is 0.454 e. The first kappa shape index (κ1) is 19.7. The molecule has 1 aliphatic rings. The smallest absolute Gasteiger partial charge is 0.251 e. The molecule has 7 heteroatoms. The number of para-hydroxylation sites is 1. The zero-order valence-corrected chi connectivity index (χ0v) is 17.1. The number of carbonyl (C=O) groups excluding carboxylic acids is 2. The van der Waals surface area contributed by atoms with Crippen molar-refractivity contribution in [3.05, 3.63) is 90.1 Å². The van der Waals surface area contributed by atoms with E-state index in [0.717, 1.165) is 16.6 Å². The first-order valence-corrected chi connectivity index (χ1v) is 10.3. The average molecular weight is 427 g/mol. The summed E-state index contributed by atoms with van der Waals surface area (Å²) >= 11 is 0. The van der Waals surface area contributed by atoms with E-state index in [2.05, 4.69) is 15.6 Å². The van der Waals surface area contributed by atoms with Gasteiger partial charge in [0.25, 0.3) is 5.91 Å². The van der Waals surface area contributed by atoms with Crippen molar-refractivity contribution in [2.75, 3.05) is 12.1 Å². The summed E-state index contributed by atoms with van der Waals surface area (Å²) in [7, 11) is 0. The Hall–Kier alpha value is -4.26. The molecule has 4 aromatic rings. The van der Waals surface area contributed by atoms with E-state index in [-0.39, 0.29) is 25.0 Å². The molecule has 0 radical (unpaired) electrons. The van der Waals surface area contributed by atoms with Crippen LogP contribution in [-0.4, -0.2) is 23.6 Å². The number of aromatic nitrogens is 1. The third kappa shape index (κ3) is 4.13. The van der Waals surface area contributed by atoms with E-state index >= 15 is 0 Å². The van der Waals surface area contributed by atoms with Gasteiger partial charge in [0.15, 0.2) is 11.5 Å². The Morgan fingerprint density at radius 3 is 2.53 bits per heavy atom. The van der Waals surface area contributed by atoms with E-state index in [9.17, 15) is 9.59 Å². The summed E-state index contributed by atoms with van der Waals surface area (Å²) in [6.07, 6.45) is 0.134. The first-order chi connectivity index (χ1) is 15.7. The topological polar surface area (TPSA) is 92.5 Å². The Morgan fingerprint density at radius 2 is 1.69 bits per heavy atom. The second-order valence-corrected chi connectivity index (χ2v) is 7.53. The molecule has 1 aromatic heterocycles. The molecule has 1 aliphatic heterocycles. The molecule has 0 fully saturated rings. The summed E-state index contributed by atoms with van der Waals surface area (Å²) in [6.45, 7) is 0.156. The van der Waals surface area contributed by atoms with Crippen molar-refractivity contribution in [3.8, 4) is 11.5 Å². The van der Waals surface area contributed by atoms with Crippen LogP contribution < -0.4 is 20.1 Å². The number of anilines is 1. The summed E-state index contributed by atoms with van der Waals surface area (Å²) in [6, 6.07) is 23.3. The summed E-state index contributed by atoms with van der Waals surface area (Å²) in [5.74, 6) is 0.600. The Kier molecular flexibility index (Phi) is 5.21. The Bertz CT molecular complexity index is 1250. The molecule has 1 unspecified atom stereocenters. The lowest BCUT2D eigenvalue weighted by Crippen LogP contribution is -2.37. The van der Waals surface area contributed by atoms with Gasteiger partial charge in [-0.25, -0.2) is 0 Å². The zero-order chi connectivity index (χ0) is 21.9.